The number of hydrogen-bond donors (Lipinski definition) is 1. The highest BCUT2D eigenvalue weighted by Crippen LogP contribution is 2.13. The number of carbonyl (C=O) groups excluding carboxylic acids is 1. The predicted octanol–water partition coefficient (Wildman–Crippen LogP) is 1.55. The Balaban J connectivity index is 0.00000243. The minimum atomic E-state index is -0.0556. The summed E-state index contributed by atoms with van der Waals surface area (Å²) in [5, 5.41) is 2.88. The topological polar surface area (TPSA) is 33.0 Å². The fourth-order valence-electron chi connectivity index (χ4n) is 2.34. The number of nitrogens with zero attached hydrogens (tertiary/aromatic N) is 1. The monoisotopic (exact) mass is 428 g/mol. The SMILES string of the molecule is O=C(C[n+]1ccc(C=Cc2ccccc2)cc1)Nc1ccc(Br)cc1.[Cl-]. The van der Waals surface area contributed by atoms with Gasteiger partial charge in [0.1, 0.15) is 0 Å². The maximum Gasteiger partial charge on any atom is 0.290 e. The smallest absolute Gasteiger partial charge is 0.290 e. The molecule has 5 heteroatoms. The maximum absolute atomic E-state index is 12.1. The number of amides is 1. The molecular weight excluding hydrogens is 412 g/mol. The first-order valence-electron chi connectivity index (χ1n) is 7.97. The van der Waals surface area contributed by atoms with Gasteiger partial charge in [0, 0.05) is 22.3 Å². The Morgan fingerprint density at radius 2 is 1.46 bits per heavy atom. The number of nitrogens with one attached hydrogen (secondary N) is 1. The summed E-state index contributed by atoms with van der Waals surface area (Å²) in [6.45, 7) is 0.277. The molecule has 0 aliphatic rings. The number of benzene rings is 2. The molecule has 2 aromatic carbocycles. The molecule has 1 heterocycles. The third kappa shape index (κ3) is 6.14. The third-order valence-electron chi connectivity index (χ3n) is 3.64. The Hall–Kier alpha value is -2.43. The molecule has 3 aromatic rings. The van der Waals surface area contributed by atoms with Gasteiger partial charge in [-0.1, -0.05) is 58.4 Å². The summed E-state index contributed by atoms with van der Waals surface area (Å²) in [5.41, 5.74) is 3.04. The highest BCUT2D eigenvalue weighted by Gasteiger charge is 2.09. The minimum absolute atomic E-state index is 0. The van der Waals surface area contributed by atoms with Gasteiger partial charge in [-0.05, 0) is 35.4 Å². The Morgan fingerprint density at radius 3 is 2.08 bits per heavy atom. The van der Waals surface area contributed by atoms with E-state index in [1.54, 1.807) is 0 Å². The molecule has 1 N–H and O–H groups in total. The number of aromatic nitrogens is 1. The van der Waals surface area contributed by atoms with Gasteiger partial charge in [0.15, 0.2) is 12.4 Å². The molecule has 0 radical (unpaired) electrons. The van der Waals surface area contributed by atoms with Crippen LogP contribution in [0.1, 0.15) is 11.1 Å². The van der Waals surface area contributed by atoms with E-state index in [1.165, 1.54) is 0 Å². The molecule has 1 amide bonds. The number of pyridine rings is 1. The second-order valence-corrected chi connectivity index (χ2v) is 6.52. The van der Waals surface area contributed by atoms with Crippen molar-refractivity contribution in [1.29, 1.82) is 0 Å². The van der Waals surface area contributed by atoms with E-state index < -0.39 is 0 Å². The van der Waals surface area contributed by atoms with Crippen LogP contribution >= 0.6 is 15.9 Å². The fourth-order valence-corrected chi connectivity index (χ4v) is 2.61. The third-order valence-corrected chi connectivity index (χ3v) is 4.17. The average Bonchev–Trinajstić information content (AvgIpc) is 2.64. The van der Waals surface area contributed by atoms with E-state index in [9.17, 15) is 4.79 Å². The fraction of sp³-hybridized carbons (Fsp3) is 0.0476. The van der Waals surface area contributed by atoms with Crippen molar-refractivity contribution >= 4 is 39.7 Å². The molecule has 0 saturated carbocycles. The first-order chi connectivity index (χ1) is 12.2. The Kier molecular flexibility index (Phi) is 7.57. The van der Waals surface area contributed by atoms with Crippen LogP contribution < -0.4 is 22.3 Å². The number of rotatable bonds is 5. The zero-order chi connectivity index (χ0) is 17.5. The average molecular weight is 430 g/mol. The minimum Gasteiger partial charge on any atom is -1.00 e. The lowest BCUT2D eigenvalue weighted by Gasteiger charge is -2.03. The molecular formula is C21H18BrClN2O. The zero-order valence-electron chi connectivity index (χ0n) is 14.0. The number of carbonyl (C=O) groups is 1. The van der Waals surface area contributed by atoms with E-state index in [0.29, 0.717) is 0 Å². The second-order valence-electron chi connectivity index (χ2n) is 5.60. The molecule has 3 nitrogen and oxygen atoms in total. The predicted molar refractivity (Wildman–Crippen MR) is 105 cm³/mol. The molecule has 0 fully saturated rings. The lowest BCUT2D eigenvalue weighted by atomic mass is 10.1. The summed E-state index contributed by atoms with van der Waals surface area (Å²) in [6, 6.07) is 21.7. The van der Waals surface area contributed by atoms with E-state index in [1.807, 2.05) is 71.6 Å². The first-order valence-corrected chi connectivity index (χ1v) is 8.76. The lowest BCUT2D eigenvalue weighted by molar-refractivity contribution is -0.684. The van der Waals surface area contributed by atoms with E-state index >= 15 is 0 Å². The largest absolute Gasteiger partial charge is 1.00 e. The van der Waals surface area contributed by atoms with Crippen LogP contribution in [0, 0.1) is 0 Å². The van der Waals surface area contributed by atoms with E-state index in [0.717, 1.165) is 21.3 Å². The van der Waals surface area contributed by atoms with Crippen molar-refractivity contribution in [3.05, 3.63) is 94.7 Å². The number of hydrogen-bond acceptors (Lipinski definition) is 1. The summed E-state index contributed by atoms with van der Waals surface area (Å²) >= 11 is 3.38. The standard InChI is InChI=1S/C21H17BrN2O.ClH/c22-19-8-10-20(11-9-19)23-21(25)16-24-14-12-18(13-15-24)7-6-17-4-2-1-3-5-17;/h1-15H,16H2;1H. The van der Waals surface area contributed by atoms with Gasteiger partial charge in [-0.3, -0.25) is 4.79 Å². The quantitative estimate of drug-likeness (QED) is 0.614. The van der Waals surface area contributed by atoms with Gasteiger partial charge >= 0.3 is 0 Å². The summed E-state index contributed by atoms with van der Waals surface area (Å²) in [7, 11) is 0. The van der Waals surface area contributed by atoms with Crippen molar-refractivity contribution in [1.82, 2.24) is 0 Å². The van der Waals surface area contributed by atoms with E-state index in [2.05, 4.69) is 45.5 Å². The van der Waals surface area contributed by atoms with Crippen LogP contribution in [-0.4, -0.2) is 5.91 Å². The van der Waals surface area contributed by atoms with Gasteiger partial charge in [0.2, 0.25) is 6.54 Å². The molecule has 0 unspecified atom stereocenters. The Morgan fingerprint density at radius 1 is 0.885 bits per heavy atom. The molecule has 0 atom stereocenters. The number of anilines is 1. The van der Waals surface area contributed by atoms with Crippen LogP contribution in [0.5, 0.6) is 0 Å². The summed E-state index contributed by atoms with van der Waals surface area (Å²) in [4.78, 5) is 12.1. The van der Waals surface area contributed by atoms with Crippen LogP contribution in [-0.2, 0) is 11.3 Å². The Labute approximate surface area is 167 Å². The normalized spacial score (nSPS) is 10.3. The summed E-state index contributed by atoms with van der Waals surface area (Å²) in [6.07, 6.45) is 7.94. The second kappa shape index (κ2) is 9.90. The molecule has 0 bridgehead atoms. The van der Waals surface area contributed by atoms with Crippen molar-refractivity contribution in [3.8, 4) is 0 Å². The van der Waals surface area contributed by atoms with Crippen LogP contribution in [0.4, 0.5) is 5.69 Å². The van der Waals surface area contributed by atoms with Crippen molar-refractivity contribution in [3.63, 3.8) is 0 Å². The molecule has 1 aromatic heterocycles. The Bertz CT molecular complexity index is 863. The van der Waals surface area contributed by atoms with E-state index in [-0.39, 0.29) is 24.9 Å². The number of halogens is 2. The molecule has 0 aliphatic heterocycles. The van der Waals surface area contributed by atoms with Crippen LogP contribution in [0.2, 0.25) is 0 Å². The summed E-state index contributed by atoms with van der Waals surface area (Å²) in [5.74, 6) is -0.0556. The molecule has 132 valence electrons. The van der Waals surface area contributed by atoms with Crippen LogP contribution in [0.15, 0.2) is 83.6 Å². The van der Waals surface area contributed by atoms with Gasteiger partial charge in [-0.2, -0.15) is 4.57 Å². The molecule has 0 saturated heterocycles. The van der Waals surface area contributed by atoms with Crippen molar-refractivity contribution in [2.75, 3.05) is 5.32 Å². The zero-order valence-corrected chi connectivity index (χ0v) is 16.3. The van der Waals surface area contributed by atoms with Gasteiger partial charge in [-0.25, -0.2) is 0 Å². The van der Waals surface area contributed by atoms with Crippen LogP contribution in [0.25, 0.3) is 12.2 Å². The van der Waals surface area contributed by atoms with Crippen molar-refractivity contribution in [2.45, 2.75) is 6.54 Å². The molecule has 0 aliphatic carbocycles. The molecule has 0 spiro atoms. The molecule has 3 rings (SSSR count). The summed E-state index contributed by atoms with van der Waals surface area (Å²) < 4.78 is 2.84. The maximum atomic E-state index is 12.1. The van der Waals surface area contributed by atoms with Crippen molar-refractivity contribution < 1.29 is 21.8 Å². The van der Waals surface area contributed by atoms with Crippen molar-refractivity contribution in [2.24, 2.45) is 0 Å². The highest BCUT2D eigenvalue weighted by atomic mass is 79.9. The highest BCUT2D eigenvalue weighted by molar-refractivity contribution is 9.10. The van der Waals surface area contributed by atoms with Gasteiger partial charge in [-0.15, -0.1) is 0 Å². The van der Waals surface area contributed by atoms with E-state index in [4.69, 9.17) is 0 Å². The first kappa shape index (κ1) is 19.9. The van der Waals surface area contributed by atoms with Gasteiger partial charge < -0.3 is 17.7 Å². The lowest BCUT2D eigenvalue weighted by Crippen LogP contribution is -3.00. The van der Waals surface area contributed by atoms with Gasteiger partial charge in [0.05, 0.1) is 0 Å². The van der Waals surface area contributed by atoms with Gasteiger partial charge in [0.25, 0.3) is 5.91 Å². The molecule has 26 heavy (non-hydrogen) atoms. The van der Waals surface area contributed by atoms with Crippen LogP contribution in [0.3, 0.4) is 0 Å².